The van der Waals surface area contributed by atoms with E-state index in [9.17, 15) is 0 Å². The van der Waals surface area contributed by atoms with Gasteiger partial charge in [-0.25, -0.2) is 0 Å². The Morgan fingerprint density at radius 3 is 2.81 bits per heavy atom. The van der Waals surface area contributed by atoms with Gasteiger partial charge in [-0.15, -0.1) is 0 Å². The number of nitrogens with two attached hydrogens (primary N) is 1. The Kier molecular flexibility index (Phi) is 5.17. The highest BCUT2D eigenvalue weighted by atomic mass is 79.9. The number of hydrazone groups is 1. The van der Waals surface area contributed by atoms with E-state index < -0.39 is 0 Å². The Labute approximate surface area is 115 Å². The highest BCUT2D eigenvalue weighted by Crippen LogP contribution is 2.31. The third-order valence-electron chi connectivity index (χ3n) is 1.62. The second-order valence-corrected chi connectivity index (χ2v) is 4.95. The summed E-state index contributed by atoms with van der Waals surface area (Å²) < 4.78 is 6.99. The van der Waals surface area contributed by atoms with E-state index in [-0.39, 0.29) is 5.11 Å². The van der Waals surface area contributed by atoms with Crippen LogP contribution in [-0.4, -0.2) is 18.4 Å². The maximum absolute atomic E-state index is 5.24. The molecule has 0 radical (unpaired) electrons. The topological polar surface area (TPSA) is 59.6 Å². The van der Waals surface area contributed by atoms with Gasteiger partial charge in [0.15, 0.2) is 5.11 Å². The number of halogens is 2. The second-order valence-electron chi connectivity index (χ2n) is 2.74. The molecule has 7 heteroatoms. The van der Waals surface area contributed by atoms with Crippen molar-refractivity contribution < 1.29 is 4.74 Å². The van der Waals surface area contributed by atoms with E-state index in [1.807, 2.05) is 12.1 Å². The number of hydrogen-bond donors (Lipinski definition) is 2. The zero-order valence-electron chi connectivity index (χ0n) is 8.33. The van der Waals surface area contributed by atoms with Crippen LogP contribution in [-0.2, 0) is 0 Å². The molecule has 4 nitrogen and oxygen atoms in total. The molecule has 3 N–H and O–H groups in total. The molecule has 0 amide bonds. The number of methoxy groups -OCH3 is 1. The molecule has 0 heterocycles. The number of nitrogens with one attached hydrogen (secondary N) is 1. The Morgan fingerprint density at radius 1 is 1.56 bits per heavy atom. The van der Waals surface area contributed by atoms with Crippen LogP contribution in [0.3, 0.4) is 0 Å². The minimum atomic E-state index is 0.115. The van der Waals surface area contributed by atoms with Gasteiger partial charge in [-0.05, 0) is 40.3 Å². The molecule has 0 atom stereocenters. The van der Waals surface area contributed by atoms with Gasteiger partial charge >= 0.3 is 0 Å². The third-order valence-corrected chi connectivity index (χ3v) is 2.76. The van der Waals surface area contributed by atoms with Crippen LogP contribution >= 0.6 is 44.1 Å². The van der Waals surface area contributed by atoms with Crippen LogP contribution in [0.4, 0.5) is 0 Å². The van der Waals surface area contributed by atoms with E-state index in [1.165, 1.54) is 0 Å². The number of rotatable bonds is 3. The van der Waals surface area contributed by atoms with Crippen molar-refractivity contribution in [3.05, 3.63) is 26.6 Å². The van der Waals surface area contributed by atoms with E-state index in [0.29, 0.717) is 5.75 Å². The fourth-order valence-corrected chi connectivity index (χ4v) is 2.53. The van der Waals surface area contributed by atoms with Crippen LogP contribution in [0.15, 0.2) is 26.2 Å². The Morgan fingerprint density at radius 2 is 2.25 bits per heavy atom. The summed E-state index contributed by atoms with van der Waals surface area (Å²) in [7, 11) is 1.59. The molecule has 0 aliphatic heterocycles. The van der Waals surface area contributed by atoms with Crippen molar-refractivity contribution in [3.63, 3.8) is 0 Å². The Balaban J connectivity index is 3.02. The maximum Gasteiger partial charge on any atom is 0.184 e. The molecule has 0 spiro atoms. The number of nitrogens with zero attached hydrogens (tertiary/aromatic N) is 1. The molecule has 0 saturated heterocycles. The van der Waals surface area contributed by atoms with Crippen molar-refractivity contribution in [1.29, 1.82) is 0 Å². The van der Waals surface area contributed by atoms with Crippen molar-refractivity contribution in [1.82, 2.24) is 5.43 Å². The molecule has 0 aliphatic rings. The predicted molar refractivity (Wildman–Crippen MR) is 75.9 cm³/mol. The summed E-state index contributed by atoms with van der Waals surface area (Å²) in [6.07, 6.45) is 1.58. The highest BCUT2D eigenvalue weighted by molar-refractivity contribution is 9.11. The van der Waals surface area contributed by atoms with Crippen LogP contribution in [0.1, 0.15) is 5.56 Å². The van der Waals surface area contributed by atoms with Crippen molar-refractivity contribution in [2.24, 2.45) is 10.8 Å². The van der Waals surface area contributed by atoms with Gasteiger partial charge in [-0.3, -0.25) is 5.43 Å². The first kappa shape index (κ1) is 13.4. The monoisotopic (exact) mass is 365 g/mol. The van der Waals surface area contributed by atoms with Gasteiger partial charge in [0, 0.05) is 10.0 Å². The van der Waals surface area contributed by atoms with Crippen molar-refractivity contribution in [2.45, 2.75) is 0 Å². The lowest BCUT2D eigenvalue weighted by Gasteiger charge is -2.07. The number of benzene rings is 1. The summed E-state index contributed by atoms with van der Waals surface area (Å²) in [6.45, 7) is 0. The molecule has 86 valence electrons. The molecule has 0 bridgehead atoms. The minimum Gasteiger partial charge on any atom is -0.495 e. The molecule has 0 aromatic heterocycles. The van der Waals surface area contributed by atoms with Crippen molar-refractivity contribution in [3.8, 4) is 5.75 Å². The lowest BCUT2D eigenvalue weighted by Crippen LogP contribution is -2.24. The van der Waals surface area contributed by atoms with E-state index >= 15 is 0 Å². The van der Waals surface area contributed by atoms with Gasteiger partial charge in [0.2, 0.25) is 0 Å². The Hall–Kier alpha value is -0.660. The Bertz CT molecular complexity index is 437. The fraction of sp³-hybridized carbons (Fsp3) is 0.111. The largest absolute Gasteiger partial charge is 0.495 e. The summed E-state index contributed by atoms with van der Waals surface area (Å²) in [5.74, 6) is 0.691. The van der Waals surface area contributed by atoms with E-state index in [0.717, 1.165) is 14.5 Å². The van der Waals surface area contributed by atoms with Crippen LogP contribution in [0.5, 0.6) is 5.75 Å². The van der Waals surface area contributed by atoms with Gasteiger partial charge in [-0.2, -0.15) is 5.10 Å². The molecule has 1 aromatic rings. The lowest BCUT2D eigenvalue weighted by molar-refractivity contribution is 0.411. The first-order valence-corrected chi connectivity index (χ1v) is 6.15. The molecule has 16 heavy (non-hydrogen) atoms. The molecular formula is C9H9Br2N3OS. The van der Waals surface area contributed by atoms with Gasteiger partial charge < -0.3 is 10.5 Å². The normalized spacial score (nSPS) is 10.4. The van der Waals surface area contributed by atoms with Crippen molar-refractivity contribution in [2.75, 3.05) is 7.11 Å². The highest BCUT2D eigenvalue weighted by Gasteiger charge is 2.07. The van der Waals surface area contributed by atoms with Gasteiger partial charge in [0.05, 0.1) is 17.8 Å². The predicted octanol–water partition coefficient (Wildman–Crippen LogP) is 2.39. The average molecular weight is 367 g/mol. The van der Waals surface area contributed by atoms with E-state index in [4.69, 9.17) is 10.5 Å². The SMILES string of the molecule is COc1c(Br)cc(Br)cc1/C=N/NC(N)=S. The number of thiocarbonyl (C=S) groups is 1. The van der Waals surface area contributed by atoms with Crippen LogP contribution in [0.25, 0.3) is 0 Å². The average Bonchev–Trinajstić information content (AvgIpc) is 2.16. The summed E-state index contributed by atoms with van der Waals surface area (Å²) in [5, 5.41) is 3.98. The molecule has 0 fully saturated rings. The molecular weight excluding hydrogens is 358 g/mol. The number of ether oxygens (including phenoxy) is 1. The van der Waals surface area contributed by atoms with Gasteiger partial charge in [0.25, 0.3) is 0 Å². The summed E-state index contributed by atoms with van der Waals surface area (Å²) in [6, 6.07) is 3.76. The second kappa shape index (κ2) is 6.17. The summed E-state index contributed by atoms with van der Waals surface area (Å²) >= 11 is 11.4. The molecule has 0 saturated carbocycles. The van der Waals surface area contributed by atoms with Gasteiger partial charge in [-0.1, -0.05) is 15.9 Å². The van der Waals surface area contributed by atoms with Gasteiger partial charge in [0.1, 0.15) is 5.75 Å². The lowest BCUT2D eigenvalue weighted by atomic mass is 10.2. The van der Waals surface area contributed by atoms with Crippen LogP contribution in [0, 0.1) is 0 Å². The number of hydrogen-bond acceptors (Lipinski definition) is 3. The van der Waals surface area contributed by atoms with Crippen molar-refractivity contribution >= 4 is 55.4 Å². The zero-order chi connectivity index (χ0) is 12.1. The van der Waals surface area contributed by atoms with Crippen LogP contribution < -0.4 is 15.9 Å². The molecule has 1 rings (SSSR count). The van der Waals surface area contributed by atoms with E-state index in [1.54, 1.807) is 13.3 Å². The maximum atomic E-state index is 5.24. The van der Waals surface area contributed by atoms with Crippen LogP contribution in [0.2, 0.25) is 0 Å². The minimum absolute atomic E-state index is 0.115. The first-order valence-electron chi connectivity index (χ1n) is 4.16. The summed E-state index contributed by atoms with van der Waals surface area (Å²) in [4.78, 5) is 0. The smallest absolute Gasteiger partial charge is 0.184 e. The third kappa shape index (κ3) is 3.73. The first-order chi connectivity index (χ1) is 7.54. The standard InChI is InChI=1S/C9H9Br2N3OS/c1-15-8-5(4-13-14-9(12)16)2-6(10)3-7(8)11/h2-4H,1H3,(H3,12,14,16)/b13-4+. The molecule has 1 aromatic carbocycles. The molecule has 0 aliphatic carbocycles. The quantitative estimate of drug-likeness (QED) is 0.490. The summed E-state index contributed by atoms with van der Waals surface area (Å²) in [5.41, 5.74) is 8.52. The van der Waals surface area contributed by atoms with E-state index in [2.05, 4.69) is 54.6 Å². The molecule has 0 unspecified atom stereocenters. The zero-order valence-corrected chi connectivity index (χ0v) is 12.3. The fourth-order valence-electron chi connectivity index (χ4n) is 1.06.